The third-order valence-corrected chi connectivity index (χ3v) is 4.87. The summed E-state index contributed by atoms with van der Waals surface area (Å²) < 4.78 is 7.19. The standard InChI is InChI=1S/C20H24ClN3O3/c1-20(2,27-16-9-7-15(21)8-10-16)19(26)22-11-12-24-18(25)13-14-5-3-4-6-17(14)23-24/h7-10,13H,3-6,11-12H2,1-2H3,(H,22,26). The Kier molecular flexibility index (Phi) is 5.85. The van der Waals surface area contributed by atoms with Crippen molar-refractivity contribution < 1.29 is 9.53 Å². The first kappa shape index (κ1) is 19.4. The minimum absolute atomic E-state index is 0.124. The number of benzene rings is 1. The van der Waals surface area contributed by atoms with Crippen molar-refractivity contribution in [3.05, 3.63) is 57.0 Å². The summed E-state index contributed by atoms with van der Waals surface area (Å²) >= 11 is 5.86. The van der Waals surface area contributed by atoms with Crippen LogP contribution in [0.25, 0.3) is 0 Å². The molecule has 1 aliphatic rings. The van der Waals surface area contributed by atoms with Crippen LogP contribution in [0.1, 0.15) is 37.9 Å². The smallest absolute Gasteiger partial charge is 0.267 e. The number of amides is 1. The Labute approximate surface area is 163 Å². The van der Waals surface area contributed by atoms with Crippen molar-refractivity contribution in [3.8, 4) is 5.75 Å². The van der Waals surface area contributed by atoms with E-state index < -0.39 is 5.60 Å². The number of aromatic nitrogens is 2. The van der Waals surface area contributed by atoms with Gasteiger partial charge in [0.2, 0.25) is 0 Å². The van der Waals surface area contributed by atoms with E-state index in [4.69, 9.17) is 16.3 Å². The van der Waals surface area contributed by atoms with E-state index in [-0.39, 0.29) is 11.5 Å². The zero-order valence-corrected chi connectivity index (χ0v) is 16.4. The molecule has 0 saturated carbocycles. The molecule has 0 unspecified atom stereocenters. The van der Waals surface area contributed by atoms with Gasteiger partial charge in [-0.15, -0.1) is 0 Å². The second kappa shape index (κ2) is 8.13. The van der Waals surface area contributed by atoms with Crippen LogP contribution in [0.5, 0.6) is 5.75 Å². The number of hydrogen-bond acceptors (Lipinski definition) is 4. The van der Waals surface area contributed by atoms with Gasteiger partial charge in [-0.25, -0.2) is 4.68 Å². The first-order chi connectivity index (χ1) is 12.8. The number of ether oxygens (including phenoxy) is 1. The van der Waals surface area contributed by atoms with E-state index in [1.807, 2.05) is 0 Å². The molecule has 1 amide bonds. The maximum atomic E-state index is 12.5. The molecule has 1 aromatic heterocycles. The van der Waals surface area contributed by atoms with Crippen LogP contribution in [-0.4, -0.2) is 27.8 Å². The molecule has 0 aliphatic heterocycles. The fraction of sp³-hybridized carbons (Fsp3) is 0.450. The van der Waals surface area contributed by atoms with Crippen molar-refractivity contribution >= 4 is 17.5 Å². The van der Waals surface area contributed by atoms with Gasteiger partial charge in [-0.3, -0.25) is 9.59 Å². The van der Waals surface area contributed by atoms with Gasteiger partial charge in [-0.1, -0.05) is 11.6 Å². The molecule has 6 nitrogen and oxygen atoms in total. The molecule has 3 rings (SSSR count). The van der Waals surface area contributed by atoms with Crippen LogP contribution < -0.4 is 15.6 Å². The average molecular weight is 390 g/mol. The highest BCUT2D eigenvalue weighted by atomic mass is 35.5. The highest BCUT2D eigenvalue weighted by molar-refractivity contribution is 6.30. The van der Waals surface area contributed by atoms with Crippen LogP contribution >= 0.6 is 11.6 Å². The lowest BCUT2D eigenvalue weighted by Crippen LogP contribution is -2.47. The molecule has 0 saturated heterocycles. The topological polar surface area (TPSA) is 73.2 Å². The summed E-state index contributed by atoms with van der Waals surface area (Å²) in [5.41, 5.74) is 0.881. The van der Waals surface area contributed by atoms with Gasteiger partial charge in [0.1, 0.15) is 5.75 Å². The molecule has 0 atom stereocenters. The molecule has 0 radical (unpaired) electrons. The molecule has 0 fully saturated rings. The van der Waals surface area contributed by atoms with Crippen LogP contribution in [-0.2, 0) is 24.2 Å². The van der Waals surface area contributed by atoms with Gasteiger partial charge in [-0.05, 0) is 69.4 Å². The molecule has 1 heterocycles. The Hall–Kier alpha value is -2.34. The number of rotatable bonds is 6. The molecule has 1 N–H and O–H groups in total. The fourth-order valence-electron chi connectivity index (χ4n) is 3.09. The number of aryl methyl sites for hydroxylation is 2. The van der Waals surface area contributed by atoms with Crippen LogP contribution in [0.3, 0.4) is 0 Å². The summed E-state index contributed by atoms with van der Waals surface area (Å²) in [5.74, 6) is 0.301. The quantitative estimate of drug-likeness (QED) is 0.824. The maximum absolute atomic E-state index is 12.5. The van der Waals surface area contributed by atoms with E-state index in [1.165, 1.54) is 4.68 Å². The van der Waals surface area contributed by atoms with E-state index in [0.29, 0.717) is 23.9 Å². The molecule has 0 bridgehead atoms. The number of carbonyl (C=O) groups excluding carboxylic acids is 1. The van der Waals surface area contributed by atoms with E-state index in [0.717, 1.165) is 36.9 Å². The zero-order chi connectivity index (χ0) is 19.4. The van der Waals surface area contributed by atoms with Crippen molar-refractivity contribution in [2.75, 3.05) is 6.54 Å². The monoisotopic (exact) mass is 389 g/mol. The zero-order valence-electron chi connectivity index (χ0n) is 15.6. The highest BCUT2D eigenvalue weighted by Crippen LogP contribution is 2.21. The molecule has 0 spiro atoms. The molecule has 2 aromatic rings. The largest absolute Gasteiger partial charge is 0.478 e. The number of nitrogens with zero attached hydrogens (tertiary/aromatic N) is 2. The van der Waals surface area contributed by atoms with Gasteiger partial charge < -0.3 is 10.1 Å². The van der Waals surface area contributed by atoms with Crippen molar-refractivity contribution in [2.45, 2.75) is 51.7 Å². The second-order valence-electron chi connectivity index (χ2n) is 7.21. The minimum Gasteiger partial charge on any atom is -0.478 e. The Bertz CT molecular complexity index is 875. The Balaban J connectivity index is 1.57. The van der Waals surface area contributed by atoms with Gasteiger partial charge in [0.25, 0.3) is 11.5 Å². The minimum atomic E-state index is -1.05. The summed E-state index contributed by atoms with van der Waals surface area (Å²) in [6, 6.07) is 8.52. The summed E-state index contributed by atoms with van der Waals surface area (Å²) in [7, 11) is 0. The number of hydrogen-bond donors (Lipinski definition) is 1. The Morgan fingerprint density at radius 1 is 1.26 bits per heavy atom. The SMILES string of the molecule is CC(C)(Oc1ccc(Cl)cc1)C(=O)NCCn1nc2c(cc1=O)CCCC2. The highest BCUT2D eigenvalue weighted by Gasteiger charge is 2.29. The predicted octanol–water partition coefficient (Wildman–Crippen LogP) is 2.75. The van der Waals surface area contributed by atoms with E-state index in [9.17, 15) is 9.59 Å². The third kappa shape index (κ3) is 4.89. The molecule has 7 heteroatoms. The van der Waals surface area contributed by atoms with Gasteiger partial charge in [0.15, 0.2) is 5.60 Å². The number of fused-ring (bicyclic) bond motifs is 1. The molecular weight excluding hydrogens is 366 g/mol. The molecular formula is C20H24ClN3O3. The van der Waals surface area contributed by atoms with Gasteiger partial charge in [-0.2, -0.15) is 5.10 Å². The Morgan fingerprint density at radius 3 is 2.70 bits per heavy atom. The Morgan fingerprint density at radius 2 is 1.96 bits per heavy atom. The average Bonchev–Trinajstić information content (AvgIpc) is 2.63. The molecule has 27 heavy (non-hydrogen) atoms. The first-order valence-electron chi connectivity index (χ1n) is 9.18. The lowest BCUT2D eigenvalue weighted by Gasteiger charge is -2.25. The molecule has 1 aromatic carbocycles. The van der Waals surface area contributed by atoms with Gasteiger partial charge in [0, 0.05) is 17.6 Å². The number of halogens is 1. The van der Waals surface area contributed by atoms with E-state index >= 15 is 0 Å². The van der Waals surface area contributed by atoms with Crippen molar-refractivity contribution in [1.29, 1.82) is 0 Å². The lowest BCUT2D eigenvalue weighted by molar-refractivity contribution is -0.134. The van der Waals surface area contributed by atoms with Gasteiger partial charge >= 0.3 is 0 Å². The van der Waals surface area contributed by atoms with E-state index in [2.05, 4.69) is 10.4 Å². The molecule has 1 aliphatic carbocycles. The van der Waals surface area contributed by atoms with Crippen LogP contribution in [0, 0.1) is 0 Å². The first-order valence-corrected chi connectivity index (χ1v) is 9.56. The van der Waals surface area contributed by atoms with Crippen LogP contribution in [0.2, 0.25) is 5.02 Å². The number of carbonyl (C=O) groups is 1. The van der Waals surface area contributed by atoms with Crippen molar-refractivity contribution in [2.24, 2.45) is 0 Å². The summed E-state index contributed by atoms with van der Waals surface area (Å²) in [4.78, 5) is 24.7. The second-order valence-corrected chi connectivity index (χ2v) is 7.64. The summed E-state index contributed by atoms with van der Waals surface area (Å²) in [6.45, 7) is 4.02. The van der Waals surface area contributed by atoms with Crippen LogP contribution in [0.4, 0.5) is 0 Å². The summed E-state index contributed by atoms with van der Waals surface area (Å²) in [6.07, 6.45) is 4.04. The maximum Gasteiger partial charge on any atom is 0.267 e. The third-order valence-electron chi connectivity index (χ3n) is 4.62. The van der Waals surface area contributed by atoms with Crippen molar-refractivity contribution in [3.63, 3.8) is 0 Å². The fourth-order valence-corrected chi connectivity index (χ4v) is 3.22. The summed E-state index contributed by atoms with van der Waals surface area (Å²) in [5, 5.41) is 7.88. The predicted molar refractivity (Wildman–Crippen MR) is 104 cm³/mol. The van der Waals surface area contributed by atoms with Crippen LogP contribution in [0.15, 0.2) is 35.1 Å². The molecule has 144 valence electrons. The lowest BCUT2D eigenvalue weighted by atomic mass is 9.97. The van der Waals surface area contributed by atoms with Crippen molar-refractivity contribution in [1.82, 2.24) is 15.1 Å². The normalized spacial score (nSPS) is 13.7. The number of nitrogens with one attached hydrogen (secondary N) is 1. The van der Waals surface area contributed by atoms with E-state index in [1.54, 1.807) is 44.2 Å². The van der Waals surface area contributed by atoms with Gasteiger partial charge in [0.05, 0.1) is 12.2 Å².